The van der Waals surface area contributed by atoms with Crippen LogP contribution in [0.2, 0.25) is 0 Å². The van der Waals surface area contributed by atoms with Crippen molar-refractivity contribution in [2.45, 2.75) is 46.1 Å². The molecule has 0 radical (unpaired) electrons. The number of carbonyl (C=O) groups excluding carboxylic acids is 3. The first kappa shape index (κ1) is 20.7. The molecule has 1 fully saturated rings. The molecule has 7 heteroatoms. The van der Waals surface area contributed by atoms with E-state index in [9.17, 15) is 14.4 Å². The summed E-state index contributed by atoms with van der Waals surface area (Å²) in [5.74, 6) is -0.169. The second-order valence-corrected chi connectivity index (χ2v) is 6.78. The molecule has 0 saturated carbocycles. The molecule has 1 aliphatic heterocycles. The van der Waals surface area contributed by atoms with Gasteiger partial charge in [-0.2, -0.15) is 0 Å². The van der Waals surface area contributed by atoms with Crippen molar-refractivity contribution in [1.82, 2.24) is 10.2 Å². The quantitative estimate of drug-likeness (QED) is 0.828. The van der Waals surface area contributed by atoms with Crippen LogP contribution in [0.4, 0.5) is 10.5 Å². The van der Waals surface area contributed by atoms with Gasteiger partial charge in [-0.15, -0.1) is 0 Å². The molecule has 1 N–H and O–H groups in total. The van der Waals surface area contributed by atoms with Gasteiger partial charge >= 0.3 is 6.09 Å². The van der Waals surface area contributed by atoms with Crippen LogP contribution in [0, 0.1) is 6.92 Å². The third-order valence-corrected chi connectivity index (χ3v) is 4.67. The number of nitrogens with zero attached hydrogens (tertiary/aromatic N) is 2. The summed E-state index contributed by atoms with van der Waals surface area (Å²) < 4.78 is 5.00. The third-order valence-electron chi connectivity index (χ3n) is 4.67. The van der Waals surface area contributed by atoms with Gasteiger partial charge in [-0.1, -0.05) is 17.7 Å². The normalized spacial score (nSPS) is 14.6. The number of hydrogen-bond donors (Lipinski definition) is 1. The van der Waals surface area contributed by atoms with Gasteiger partial charge in [0.2, 0.25) is 11.8 Å². The first-order valence-electron chi connectivity index (χ1n) is 9.46. The number of rotatable bonds is 6. The summed E-state index contributed by atoms with van der Waals surface area (Å²) in [5.41, 5.74) is 1.91. The lowest BCUT2D eigenvalue weighted by Gasteiger charge is -2.31. The summed E-state index contributed by atoms with van der Waals surface area (Å²) in [6.07, 6.45) is 1.36. The van der Waals surface area contributed by atoms with Gasteiger partial charge in [-0.25, -0.2) is 4.79 Å². The van der Waals surface area contributed by atoms with E-state index in [2.05, 4.69) is 5.32 Å². The number of ether oxygens (including phenoxy) is 1. The number of amides is 3. The molecule has 0 unspecified atom stereocenters. The van der Waals surface area contributed by atoms with Gasteiger partial charge in [0, 0.05) is 44.7 Å². The maximum Gasteiger partial charge on any atom is 0.409 e. The van der Waals surface area contributed by atoms with Crippen LogP contribution < -0.4 is 10.2 Å². The molecule has 0 spiro atoms. The molecule has 0 bridgehead atoms. The Balaban J connectivity index is 1.79. The van der Waals surface area contributed by atoms with Crippen LogP contribution in [0.3, 0.4) is 0 Å². The standard InChI is InChI=1S/C20H29N3O4/c1-4-27-20(26)22-12-9-17(10-13-22)21-19(25)11-14-23(16(3)24)18-7-5-15(2)6-8-18/h5-8,17H,4,9-14H2,1-3H3,(H,21,25). The topological polar surface area (TPSA) is 79.0 Å². The number of aryl methyl sites for hydroxylation is 1. The molecule has 7 nitrogen and oxygen atoms in total. The smallest absolute Gasteiger partial charge is 0.409 e. The molecule has 148 valence electrons. The van der Waals surface area contributed by atoms with E-state index in [0.717, 1.165) is 11.3 Å². The van der Waals surface area contributed by atoms with Crippen LogP contribution in [-0.2, 0) is 14.3 Å². The molecule has 1 aromatic carbocycles. The average Bonchev–Trinajstić information content (AvgIpc) is 2.64. The lowest BCUT2D eigenvalue weighted by Crippen LogP contribution is -2.47. The number of benzene rings is 1. The maximum atomic E-state index is 12.3. The van der Waals surface area contributed by atoms with E-state index in [1.165, 1.54) is 6.92 Å². The lowest BCUT2D eigenvalue weighted by molar-refractivity contribution is -0.122. The van der Waals surface area contributed by atoms with Gasteiger partial charge in [-0.3, -0.25) is 9.59 Å². The molecule has 3 amide bonds. The van der Waals surface area contributed by atoms with Crippen molar-refractivity contribution in [2.75, 3.05) is 31.1 Å². The highest BCUT2D eigenvalue weighted by molar-refractivity contribution is 5.92. The minimum Gasteiger partial charge on any atom is -0.450 e. The van der Waals surface area contributed by atoms with Gasteiger partial charge in [0.1, 0.15) is 0 Å². The second-order valence-electron chi connectivity index (χ2n) is 6.78. The van der Waals surface area contributed by atoms with E-state index in [1.807, 2.05) is 31.2 Å². The number of nitrogens with one attached hydrogen (secondary N) is 1. The molecule has 1 saturated heterocycles. The van der Waals surface area contributed by atoms with Gasteiger partial charge in [0.15, 0.2) is 0 Å². The molecule has 1 aliphatic rings. The van der Waals surface area contributed by atoms with Crippen molar-refractivity contribution in [3.63, 3.8) is 0 Å². The zero-order chi connectivity index (χ0) is 19.8. The predicted molar refractivity (Wildman–Crippen MR) is 104 cm³/mol. The second kappa shape index (κ2) is 9.94. The summed E-state index contributed by atoms with van der Waals surface area (Å²) in [4.78, 5) is 39.2. The molecule has 0 aromatic heterocycles. The maximum absolute atomic E-state index is 12.3. The van der Waals surface area contributed by atoms with Crippen molar-refractivity contribution < 1.29 is 19.1 Å². The van der Waals surface area contributed by atoms with E-state index >= 15 is 0 Å². The molecule has 27 heavy (non-hydrogen) atoms. The third kappa shape index (κ3) is 6.27. The summed E-state index contributed by atoms with van der Waals surface area (Å²) in [5, 5.41) is 3.01. The SMILES string of the molecule is CCOC(=O)N1CCC(NC(=O)CCN(C(C)=O)c2ccc(C)cc2)CC1. The van der Waals surface area contributed by atoms with Crippen molar-refractivity contribution >= 4 is 23.6 Å². The fraction of sp³-hybridized carbons (Fsp3) is 0.550. The molecular weight excluding hydrogens is 346 g/mol. The Bertz CT molecular complexity index is 652. The van der Waals surface area contributed by atoms with Gasteiger partial charge in [0.25, 0.3) is 0 Å². The highest BCUT2D eigenvalue weighted by Crippen LogP contribution is 2.16. The minimum atomic E-state index is -0.294. The monoisotopic (exact) mass is 375 g/mol. The van der Waals surface area contributed by atoms with Gasteiger partial charge < -0.3 is 19.9 Å². The Hall–Kier alpha value is -2.57. The Labute approximate surface area is 160 Å². The Kier molecular flexibility index (Phi) is 7.64. The van der Waals surface area contributed by atoms with Crippen LogP contribution >= 0.6 is 0 Å². The molecule has 2 rings (SSSR count). The van der Waals surface area contributed by atoms with E-state index < -0.39 is 0 Å². The van der Waals surface area contributed by atoms with Crippen LogP contribution in [0.25, 0.3) is 0 Å². The highest BCUT2D eigenvalue weighted by atomic mass is 16.6. The van der Waals surface area contributed by atoms with Crippen molar-refractivity contribution in [3.05, 3.63) is 29.8 Å². The van der Waals surface area contributed by atoms with Crippen molar-refractivity contribution in [3.8, 4) is 0 Å². The molecule has 0 aliphatic carbocycles. The molecule has 1 heterocycles. The zero-order valence-corrected chi connectivity index (χ0v) is 16.4. The van der Waals surface area contributed by atoms with E-state index in [1.54, 1.807) is 16.7 Å². The first-order valence-corrected chi connectivity index (χ1v) is 9.46. The summed E-state index contributed by atoms with van der Waals surface area (Å²) >= 11 is 0. The first-order chi connectivity index (χ1) is 12.9. The Morgan fingerprint density at radius 3 is 2.37 bits per heavy atom. The average molecular weight is 375 g/mol. The minimum absolute atomic E-state index is 0.0494. The van der Waals surface area contributed by atoms with Crippen molar-refractivity contribution in [2.24, 2.45) is 0 Å². The fourth-order valence-corrected chi connectivity index (χ4v) is 3.13. The predicted octanol–water partition coefficient (Wildman–Crippen LogP) is 2.48. The number of likely N-dealkylation sites (tertiary alicyclic amines) is 1. The van der Waals surface area contributed by atoms with Gasteiger partial charge in [0.05, 0.1) is 6.61 Å². The summed E-state index contributed by atoms with van der Waals surface area (Å²) in [7, 11) is 0. The lowest BCUT2D eigenvalue weighted by atomic mass is 10.1. The van der Waals surface area contributed by atoms with Crippen LogP contribution in [0.1, 0.15) is 38.7 Å². The Morgan fingerprint density at radius 2 is 1.81 bits per heavy atom. The number of anilines is 1. The van der Waals surface area contributed by atoms with Crippen LogP contribution in [0.5, 0.6) is 0 Å². The van der Waals surface area contributed by atoms with Crippen LogP contribution in [0.15, 0.2) is 24.3 Å². The number of carbonyl (C=O) groups is 3. The van der Waals surface area contributed by atoms with E-state index in [4.69, 9.17) is 4.74 Å². The number of piperidine rings is 1. The largest absolute Gasteiger partial charge is 0.450 e. The van der Waals surface area contributed by atoms with Crippen LogP contribution in [-0.4, -0.2) is 55.1 Å². The summed E-state index contributed by atoms with van der Waals surface area (Å²) in [6.45, 7) is 7.13. The van der Waals surface area contributed by atoms with Crippen molar-refractivity contribution in [1.29, 1.82) is 0 Å². The van der Waals surface area contributed by atoms with E-state index in [-0.39, 0.29) is 30.4 Å². The van der Waals surface area contributed by atoms with Gasteiger partial charge in [-0.05, 0) is 38.8 Å². The fourth-order valence-electron chi connectivity index (χ4n) is 3.13. The molecule has 0 atom stereocenters. The van der Waals surface area contributed by atoms with E-state index in [0.29, 0.717) is 39.1 Å². The molecular formula is C20H29N3O4. The molecule has 1 aromatic rings. The zero-order valence-electron chi connectivity index (χ0n) is 16.4. The number of hydrogen-bond acceptors (Lipinski definition) is 4. The Morgan fingerprint density at radius 1 is 1.19 bits per heavy atom. The summed E-state index contributed by atoms with van der Waals surface area (Å²) in [6, 6.07) is 7.72. The highest BCUT2D eigenvalue weighted by Gasteiger charge is 2.24.